The highest BCUT2D eigenvalue weighted by molar-refractivity contribution is 5.80. The summed E-state index contributed by atoms with van der Waals surface area (Å²) in [6.07, 6.45) is 0.403. The highest BCUT2D eigenvalue weighted by atomic mass is 16.5. The SMILES string of the molecule is O=C(O)CCOCCOCCCNC(=O)CCC(=O)O. The molecule has 0 bridgehead atoms. The number of hydrogen-bond acceptors (Lipinski definition) is 5. The molecule has 0 aliphatic rings. The van der Waals surface area contributed by atoms with Gasteiger partial charge >= 0.3 is 11.9 Å². The van der Waals surface area contributed by atoms with Gasteiger partial charge in [-0.1, -0.05) is 0 Å². The molecule has 0 radical (unpaired) electrons. The van der Waals surface area contributed by atoms with Crippen LogP contribution in [0.15, 0.2) is 0 Å². The number of rotatable bonds is 13. The fraction of sp³-hybridized carbons (Fsp3) is 0.750. The van der Waals surface area contributed by atoms with Gasteiger partial charge in [-0.2, -0.15) is 0 Å². The van der Waals surface area contributed by atoms with E-state index in [1.807, 2.05) is 0 Å². The van der Waals surface area contributed by atoms with Crippen molar-refractivity contribution in [1.29, 1.82) is 0 Å². The molecule has 0 heterocycles. The summed E-state index contributed by atoms with van der Waals surface area (Å²) >= 11 is 0. The molecule has 0 unspecified atom stereocenters. The van der Waals surface area contributed by atoms with E-state index >= 15 is 0 Å². The summed E-state index contributed by atoms with van der Waals surface area (Å²) in [6.45, 7) is 1.74. The monoisotopic (exact) mass is 291 g/mol. The van der Waals surface area contributed by atoms with E-state index in [0.717, 1.165) is 0 Å². The van der Waals surface area contributed by atoms with E-state index < -0.39 is 11.9 Å². The van der Waals surface area contributed by atoms with E-state index in [-0.39, 0.29) is 31.8 Å². The molecule has 0 saturated carbocycles. The van der Waals surface area contributed by atoms with Crippen LogP contribution in [0.3, 0.4) is 0 Å². The first kappa shape index (κ1) is 18.3. The van der Waals surface area contributed by atoms with Crippen molar-refractivity contribution in [1.82, 2.24) is 5.32 Å². The maximum atomic E-state index is 11.1. The molecule has 0 saturated heterocycles. The average Bonchev–Trinajstić information content (AvgIpc) is 2.38. The molecule has 116 valence electrons. The van der Waals surface area contributed by atoms with Gasteiger partial charge in [-0.25, -0.2) is 0 Å². The lowest BCUT2D eigenvalue weighted by molar-refractivity contribution is -0.139. The standard InChI is InChI=1S/C12H21NO7/c14-10(2-3-11(15)16)13-5-1-6-19-8-9-20-7-4-12(17)18/h1-9H2,(H,13,14)(H,15,16)(H,17,18). The first-order valence-corrected chi connectivity index (χ1v) is 6.38. The summed E-state index contributed by atoms with van der Waals surface area (Å²) in [6, 6.07) is 0. The Balaban J connectivity index is 3.18. The van der Waals surface area contributed by atoms with Crippen LogP contribution < -0.4 is 5.32 Å². The molecule has 0 aliphatic heterocycles. The first-order chi connectivity index (χ1) is 9.52. The molecule has 0 aromatic carbocycles. The van der Waals surface area contributed by atoms with E-state index in [4.69, 9.17) is 19.7 Å². The molecule has 3 N–H and O–H groups in total. The third-order valence-electron chi connectivity index (χ3n) is 2.19. The highest BCUT2D eigenvalue weighted by Crippen LogP contribution is 1.89. The third kappa shape index (κ3) is 14.4. The number of carboxylic acids is 2. The summed E-state index contributed by atoms with van der Waals surface area (Å²) in [4.78, 5) is 31.5. The van der Waals surface area contributed by atoms with E-state index in [2.05, 4.69) is 5.32 Å². The molecule has 1 amide bonds. The second-order valence-corrected chi connectivity index (χ2v) is 3.97. The number of hydrogen-bond donors (Lipinski definition) is 3. The number of aliphatic carboxylic acids is 2. The van der Waals surface area contributed by atoms with Gasteiger partial charge in [-0.3, -0.25) is 14.4 Å². The van der Waals surface area contributed by atoms with Gasteiger partial charge in [0.15, 0.2) is 0 Å². The summed E-state index contributed by atoms with van der Waals surface area (Å²) in [5.74, 6) is -2.18. The zero-order chi connectivity index (χ0) is 15.2. The molecule has 0 rings (SSSR count). The zero-order valence-electron chi connectivity index (χ0n) is 11.3. The molecule has 0 spiro atoms. The van der Waals surface area contributed by atoms with Gasteiger partial charge < -0.3 is 25.0 Å². The number of ether oxygens (including phenoxy) is 2. The van der Waals surface area contributed by atoms with Crippen molar-refractivity contribution in [3.63, 3.8) is 0 Å². The van der Waals surface area contributed by atoms with Crippen molar-refractivity contribution in [2.45, 2.75) is 25.7 Å². The maximum Gasteiger partial charge on any atom is 0.305 e. The van der Waals surface area contributed by atoms with Crippen LogP contribution >= 0.6 is 0 Å². The van der Waals surface area contributed by atoms with Crippen molar-refractivity contribution < 1.29 is 34.1 Å². The molecular weight excluding hydrogens is 270 g/mol. The minimum absolute atomic E-state index is 0.0202. The zero-order valence-corrected chi connectivity index (χ0v) is 11.3. The molecule has 0 fully saturated rings. The van der Waals surface area contributed by atoms with E-state index in [1.165, 1.54) is 0 Å². The molecule has 0 atom stereocenters. The van der Waals surface area contributed by atoms with Crippen molar-refractivity contribution in [2.24, 2.45) is 0 Å². The Hall–Kier alpha value is -1.67. The molecule has 0 aliphatic carbocycles. The lowest BCUT2D eigenvalue weighted by Crippen LogP contribution is -2.25. The Morgan fingerprint density at radius 1 is 0.800 bits per heavy atom. The smallest absolute Gasteiger partial charge is 0.305 e. The van der Waals surface area contributed by atoms with Crippen LogP contribution in [0.2, 0.25) is 0 Å². The largest absolute Gasteiger partial charge is 0.481 e. The summed E-state index contributed by atoms with van der Waals surface area (Å²) < 4.78 is 10.2. The normalized spacial score (nSPS) is 10.2. The Labute approximate surface area is 117 Å². The Kier molecular flexibility index (Phi) is 11.3. The van der Waals surface area contributed by atoms with Gasteiger partial charge in [0, 0.05) is 19.6 Å². The topological polar surface area (TPSA) is 122 Å². The average molecular weight is 291 g/mol. The van der Waals surface area contributed by atoms with Crippen molar-refractivity contribution in [3.8, 4) is 0 Å². The quantitative estimate of drug-likeness (QED) is 0.404. The Morgan fingerprint density at radius 2 is 1.40 bits per heavy atom. The van der Waals surface area contributed by atoms with Gasteiger partial charge in [-0.15, -0.1) is 0 Å². The Morgan fingerprint density at radius 3 is 2.00 bits per heavy atom. The number of carbonyl (C=O) groups excluding carboxylic acids is 1. The second kappa shape index (κ2) is 12.4. The highest BCUT2D eigenvalue weighted by Gasteiger charge is 2.04. The van der Waals surface area contributed by atoms with Crippen molar-refractivity contribution in [3.05, 3.63) is 0 Å². The predicted octanol–water partition coefficient (Wildman–Crippen LogP) is -0.135. The summed E-state index contributed by atoms with van der Waals surface area (Å²) in [5.41, 5.74) is 0. The van der Waals surface area contributed by atoms with Crippen LogP contribution in [0.4, 0.5) is 0 Å². The molecule has 0 aromatic heterocycles. The molecule has 0 aromatic rings. The first-order valence-electron chi connectivity index (χ1n) is 6.38. The second-order valence-electron chi connectivity index (χ2n) is 3.97. The molecule has 8 heteroatoms. The van der Waals surface area contributed by atoms with E-state index in [9.17, 15) is 14.4 Å². The number of carbonyl (C=O) groups is 3. The number of carboxylic acid groups (broad SMARTS) is 2. The lowest BCUT2D eigenvalue weighted by Gasteiger charge is -2.06. The Bertz CT molecular complexity index is 306. The van der Waals surface area contributed by atoms with E-state index in [1.54, 1.807) is 0 Å². The third-order valence-corrected chi connectivity index (χ3v) is 2.19. The minimum Gasteiger partial charge on any atom is -0.481 e. The van der Waals surface area contributed by atoms with Gasteiger partial charge in [0.05, 0.1) is 32.7 Å². The summed E-state index contributed by atoms with van der Waals surface area (Å²) in [5, 5.41) is 19.3. The van der Waals surface area contributed by atoms with Crippen LogP contribution in [0.25, 0.3) is 0 Å². The van der Waals surface area contributed by atoms with Crippen LogP contribution in [-0.2, 0) is 23.9 Å². The summed E-state index contributed by atoms with van der Waals surface area (Å²) in [7, 11) is 0. The van der Waals surface area contributed by atoms with Gasteiger partial charge in [0.25, 0.3) is 0 Å². The van der Waals surface area contributed by atoms with Gasteiger partial charge in [-0.05, 0) is 6.42 Å². The molecule has 20 heavy (non-hydrogen) atoms. The number of amides is 1. The molecule has 8 nitrogen and oxygen atoms in total. The number of nitrogens with one attached hydrogen (secondary N) is 1. The van der Waals surface area contributed by atoms with E-state index in [0.29, 0.717) is 32.8 Å². The molecular formula is C12H21NO7. The minimum atomic E-state index is -0.994. The van der Waals surface area contributed by atoms with Crippen molar-refractivity contribution in [2.75, 3.05) is 33.0 Å². The van der Waals surface area contributed by atoms with Crippen molar-refractivity contribution >= 4 is 17.8 Å². The fourth-order valence-corrected chi connectivity index (χ4v) is 1.19. The van der Waals surface area contributed by atoms with Gasteiger partial charge in [0.1, 0.15) is 0 Å². The predicted molar refractivity (Wildman–Crippen MR) is 68.4 cm³/mol. The maximum absolute atomic E-state index is 11.1. The van der Waals surface area contributed by atoms with Crippen LogP contribution in [0.1, 0.15) is 25.7 Å². The van der Waals surface area contributed by atoms with Crippen LogP contribution in [-0.4, -0.2) is 61.0 Å². The van der Waals surface area contributed by atoms with Crippen LogP contribution in [0, 0.1) is 0 Å². The van der Waals surface area contributed by atoms with Gasteiger partial charge in [0.2, 0.25) is 5.91 Å². The fourth-order valence-electron chi connectivity index (χ4n) is 1.19. The lowest BCUT2D eigenvalue weighted by atomic mass is 10.3. The van der Waals surface area contributed by atoms with Crippen LogP contribution in [0.5, 0.6) is 0 Å².